The Bertz CT molecular complexity index is 449. The quantitative estimate of drug-likeness (QED) is 0.493. The second-order valence-electron chi connectivity index (χ2n) is 3.70. The van der Waals surface area contributed by atoms with Gasteiger partial charge in [0.15, 0.2) is 0 Å². The minimum Gasteiger partial charge on any atom is -0.508 e. The van der Waals surface area contributed by atoms with Gasteiger partial charge in [0.1, 0.15) is 5.75 Å². The summed E-state index contributed by atoms with van der Waals surface area (Å²) in [5.41, 5.74) is 1.50. The number of carbonyl (C=O) groups is 2. The van der Waals surface area contributed by atoms with Crippen LogP contribution in [0.25, 0.3) is 0 Å². The largest absolute Gasteiger partial charge is 0.508 e. The zero-order valence-electron chi connectivity index (χ0n) is 10.2. The molecule has 0 heterocycles. The highest BCUT2D eigenvalue weighted by atomic mass is 16.5. The SMILES string of the molecule is CCOC(=O)C(=O)c1cc(CC)c(O)cc1C. The van der Waals surface area contributed by atoms with Crippen LogP contribution < -0.4 is 0 Å². The van der Waals surface area contributed by atoms with Crippen molar-refractivity contribution in [1.82, 2.24) is 0 Å². The van der Waals surface area contributed by atoms with Crippen LogP contribution in [0.3, 0.4) is 0 Å². The molecule has 0 fully saturated rings. The van der Waals surface area contributed by atoms with Crippen LogP contribution in [0.1, 0.15) is 35.3 Å². The summed E-state index contributed by atoms with van der Waals surface area (Å²) in [6, 6.07) is 3.04. The number of hydrogen-bond donors (Lipinski definition) is 1. The van der Waals surface area contributed by atoms with E-state index >= 15 is 0 Å². The van der Waals surface area contributed by atoms with E-state index in [1.54, 1.807) is 19.9 Å². The van der Waals surface area contributed by atoms with Gasteiger partial charge in [0, 0.05) is 5.56 Å². The summed E-state index contributed by atoms with van der Waals surface area (Å²) >= 11 is 0. The normalized spacial score (nSPS) is 10.1. The zero-order chi connectivity index (χ0) is 13.0. The summed E-state index contributed by atoms with van der Waals surface area (Å²) in [6.45, 7) is 5.35. The van der Waals surface area contributed by atoms with E-state index in [4.69, 9.17) is 0 Å². The smallest absolute Gasteiger partial charge is 0.379 e. The first-order chi connectivity index (χ1) is 8.01. The van der Waals surface area contributed by atoms with Crippen LogP contribution in [0.4, 0.5) is 0 Å². The Kier molecular flexibility index (Phi) is 4.26. The van der Waals surface area contributed by atoms with E-state index in [1.165, 1.54) is 6.07 Å². The summed E-state index contributed by atoms with van der Waals surface area (Å²) in [7, 11) is 0. The Morgan fingerprint density at radius 2 is 1.94 bits per heavy atom. The first-order valence-electron chi connectivity index (χ1n) is 5.55. The van der Waals surface area contributed by atoms with E-state index in [1.807, 2.05) is 6.92 Å². The maximum atomic E-state index is 11.8. The third-order valence-corrected chi connectivity index (χ3v) is 2.51. The van der Waals surface area contributed by atoms with Crippen LogP contribution >= 0.6 is 0 Å². The van der Waals surface area contributed by atoms with Gasteiger partial charge in [-0.15, -0.1) is 0 Å². The van der Waals surface area contributed by atoms with Gasteiger partial charge in [0.05, 0.1) is 6.61 Å². The van der Waals surface area contributed by atoms with Crippen molar-refractivity contribution in [2.75, 3.05) is 6.61 Å². The summed E-state index contributed by atoms with van der Waals surface area (Å²) in [6.07, 6.45) is 0.592. The average Bonchev–Trinajstić information content (AvgIpc) is 2.29. The van der Waals surface area contributed by atoms with Crippen molar-refractivity contribution < 1.29 is 19.4 Å². The van der Waals surface area contributed by atoms with Gasteiger partial charge in [0.25, 0.3) is 5.78 Å². The van der Waals surface area contributed by atoms with E-state index in [2.05, 4.69) is 4.74 Å². The molecule has 17 heavy (non-hydrogen) atoms. The molecule has 1 aromatic rings. The minimum absolute atomic E-state index is 0.144. The van der Waals surface area contributed by atoms with E-state index in [0.29, 0.717) is 17.5 Å². The number of carbonyl (C=O) groups excluding carboxylic acids is 2. The maximum absolute atomic E-state index is 11.8. The molecule has 4 heteroatoms. The first kappa shape index (κ1) is 13.2. The second-order valence-corrected chi connectivity index (χ2v) is 3.70. The van der Waals surface area contributed by atoms with E-state index in [-0.39, 0.29) is 17.9 Å². The Balaban J connectivity index is 3.13. The lowest BCUT2D eigenvalue weighted by Gasteiger charge is -2.08. The molecule has 0 amide bonds. The van der Waals surface area contributed by atoms with Crippen molar-refractivity contribution in [3.8, 4) is 5.75 Å². The predicted octanol–water partition coefficient (Wildman–Crippen LogP) is 2.01. The fraction of sp³-hybridized carbons (Fsp3) is 0.385. The number of esters is 1. The molecule has 1 N–H and O–H groups in total. The first-order valence-corrected chi connectivity index (χ1v) is 5.55. The van der Waals surface area contributed by atoms with Crippen LogP contribution in [0.5, 0.6) is 5.75 Å². The number of phenols is 1. The molecule has 0 atom stereocenters. The highest BCUT2D eigenvalue weighted by molar-refractivity contribution is 6.41. The Morgan fingerprint density at radius 1 is 1.29 bits per heavy atom. The molecule has 0 saturated carbocycles. The number of ether oxygens (including phenoxy) is 1. The molecule has 0 unspecified atom stereocenters. The molecule has 0 aliphatic rings. The Hall–Kier alpha value is -1.84. The van der Waals surface area contributed by atoms with Crippen LogP contribution in [0.15, 0.2) is 12.1 Å². The van der Waals surface area contributed by atoms with Gasteiger partial charge >= 0.3 is 5.97 Å². The van der Waals surface area contributed by atoms with Crippen LogP contribution in [0, 0.1) is 6.92 Å². The lowest BCUT2D eigenvalue weighted by atomic mass is 9.99. The highest BCUT2D eigenvalue weighted by Gasteiger charge is 2.20. The van der Waals surface area contributed by atoms with Gasteiger partial charge in [-0.2, -0.15) is 0 Å². The van der Waals surface area contributed by atoms with Gasteiger partial charge < -0.3 is 9.84 Å². The topological polar surface area (TPSA) is 63.6 Å². The molecular formula is C13H16O4. The molecule has 0 bridgehead atoms. The van der Waals surface area contributed by atoms with Crippen molar-refractivity contribution in [3.63, 3.8) is 0 Å². The lowest BCUT2D eigenvalue weighted by Crippen LogP contribution is -2.18. The fourth-order valence-corrected chi connectivity index (χ4v) is 1.57. The molecule has 0 aliphatic carbocycles. The summed E-state index contributed by atoms with van der Waals surface area (Å²) < 4.78 is 4.67. The predicted molar refractivity (Wildman–Crippen MR) is 63.2 cm³/mol. The summed E-state index contributed by atoms with van der Waals surface area (Å²) in [4.78, 5) is 23.1. The second kappa shape index (κ2) is 5.48. The summed E-state index contributed by atoms with van der Waals surface area (Å²) in [5.74, 6) is -1.38. The molecule has 0 aliphatic heterocycles. The number of rotatable bonds is 4. The molecule has 4 nitrogen and oxygen atoms in total. The molecule has 0 saturated heterocycles. The monoisotopic (exact) mass is 236 g/mol. The number of benzene rings is 1. The zero-order valence-corrected chi connectivity index (χ0v) is 10.2. The third-order valence-electron chi connectivity index (χ3n) is 2.51. The fourth-order valence-electron chi connectivity index (χ4n) is 1.57. The van der Waals surface area contributed by atoms with Crippen LogP contribution in [0.2, 0.25) is 0 Å². The van der Waals surface area contributed by atoms with Gasteiger partial charge in [0.2, 0.25) is 0 Å². The van der Waals surface area contributed by atoms with E-state index in [0.717, 1.165) is 0 Å². The molecule has 0 radical (unpaired) electrons. The number of aryl methyl sites for hydroxylation is 2. The minimum atomic E-state index is -0.858. The number of aromatic hydroxyl groups is 1. The third kappa shape index (κ3) is 2.84. The van der Waals surface area contributed by atoms with Crippen LogP contribution in [-0.2, 0) is 16.0 Å². The van der Waals surface area contributed by atoms with Gasteiger partial charge in [-0.3, -0.25) is 4.79 Å². The standard InChI is InChI=1S/C13H16O4/c1-4-9-7-10(8(3)6-11(9)14)12(15)13(16)17-5-2/h6-7,14H,4-5H2,1-3H3. The maximum Gasteiger partial charge on any atom is 0.379 e. The number of hydrogen-bond acceptors (Lipinski definition) is 4. The van der Waals surface area contributed by atoms with Crippen molar-refractivity contribution in [3.05, 3.63) is 28.8 Å². The number of Topliss-reactive ketones (excluding diaryl/α,β-unsaturated/α-hetero) is 1. The lowest BCUT2D eigenvalue weighted by molar-refractivity contribution is -0.137. The molecule has 0 aromatic heterocycles. The molecule has 0 spiro atoms. The average molecular weight is 236 g/mol. The van der Waals surface area contributed by atoms with Crippen molar-refractivity contribution in [2.24, 2.45) is 0 Å². The van der Waals surface area contributed by atoms with Crippen molar-refractivity contribution >= 4 is 11.8 Å². The van der Waals surface area contributed by atoms with Crippen LogP contribution in [-0.4, -0.2) is 23.5 Å². The highest BCUT2D eigenvalue weighted by Crippen LogP contribution is 2.23. The van der Waals surface area contributed by atoms with Crippen molar-refractivity contribution in [1.29, 1.82) is 0 Å². The summed E-state index contributed by atoms with van der Waals surface area (Å²) in [5, 5.41) is 9.61. The van der Waals surface area contributed by atoms with E-state index in [9.17, 15) is 14.7 Å². The molecule has 1 rings (SSSR count). The van der Waals surface area contributed by atoms with Gasteiger partial charge in [-0.25, -0.2) is 4.79 Å². The van der Waals surface area contributed by atoms with Crippen molar-refractivity contribution in [2.45, 2.75) is 27.2 Å². The number of phenolic OH excluding ortho intramolecular Hbond substituents is 1. The number of ketones is 1. The van der Waals surface area contributed by atoms with Gasteiger partial charge in [-0.1, -0.05) is 6.92 Å². The Morgan fingerprint density at radius 3 is 2.47 bits per heavy atom. The van der Waals surface area contributed by atoms with Gasteiger partial charge in [-0.05, 0) is 43.5 Å². The molecule has 92 valence electrons. The molecular weight excluding hydrogens is 220 g/mol. The van der Waals surface area contributed by atoms with E-state index < -0.39 is 11.8 Å². The molecule has 1 aromatic carbocycles. The Labute approximate surface area is 100 Å².